The molecule has 5 heteroatoms. The van der Waals surface area contributed by atoms with Gasteiger partial charge in [-0.1, -0.05) is 37.3 Å². The van der Waals surface area contributed by atoms with Crippen LogP contribution in [0.5, 0.6) is 0 Å². The molecule has 1 amide bonds. The summed E-state index contributed by atoms with van der Waals surface area (Å²) in [5.41, 5.74) is 1.23. The van der Waals surface area contributed by atoms with Crippen molar-refractivity contribution in [3.63, 3.8) is 0 Å². The Labute approximate surface area is 132 Å². The molecule has 0 aromatic heterocycles. The van der Waals surface area contributed by atoms with Crippen LogP contribution in [0.25, 0.3) is 0 Å². The van der Waals surface area contributed by atoms with Gasteiger partial charge in [0.05, 0.1) is 0 Å². The Morgan fingerprint density at radius 3 is 2.64 bits per heavy atom. The Bertz CT molecular complexity index is 501. The van der Waals surface area contributed by atoms with E-state index in [-0.39, 0.29) is 12.5 Å². The normalized spacial score (nSPS) is 20.4. The quantitative estimate of drug-likeness (QED) is 0.525. The summed E-state index contributed by atoms with van der Waals surface area (Å²) in [4.78, 5) is 16.2. The first-order chi connectivity index (χ1) is 10.7. The predicted molar refractivity (Wildman–Crippen MR) is 89.8 cm³/mol. The number of benzene rings is 1. The van der Waals surface area contributed by atoms with Gasteiger partial charge in [-0.3, -0.25) is 4.79 Å². The molecule has 1 saturated carbocycles. The number of hydrogen-bond donors (Lipinski definition) is 3. The van der Waals surface area contributed by atoms with E-state index in [1.807, 2.05) is 25.1 Å². The number of amides is 1. The van der Waals surface area contributed by atoms with E-state index in [0.29, 0.717) is 18.5 Å². The molecule has 2 atom stereocenters. The van der Waals surface area contributed by atoms with Crippen molar-refractivity contribution in [3.8, 4) is 0 Å². The summed E-state index contributed by atoms with van der Waals surface area (Å²) >= 11 is 0. The highest BCUT2D eigenvalue weighted by Gasteiger charge is 2.33. The Kier molecular flexibility index (Phi) is 6.25. The zero-order chi connectivity index (χ0) is 15.8. The summed E-state index contributed by atoms with van der Waals surface area (Å²) in [6.45, 7) is 5.82. The van der Waals surface area contributed by atoms with Crippen molar-refractivity contribution >= 4 is 11.9 Å². The smallest absolute Gasteiger partial charge is 0.241 e. The average Bonchev–Trinajstić information content (AvgIpc) is 3.21. The Morgan fingerprint density at radius 2 is 2.00 bits per heavy atom. The lowest BCUT2D eigenvalue weighted by molar-refractivity contribution is -0.119. The number of rotatable bonds is 7. The van der Waals surface area contributed by atoms with Crippen molar-refractivity contribution in [2.45, 2.75) is 32.7 Å². The number of carbonyl (C=O) groups is 1. The van der Waals surface area contributed by atoms with E-state index in [9.17, 15) is 4.79 Å². The van der Waals surface area contributed by atoms with E-state index in [2.05, 4.69) is 40.0 Å². The van der Waals surface area contributed by atoms with Crippen LogP contribution in [0.3, 0.4) is 0 Å². The lowest BCUT2D eigenvalue weighted by Crippen LogP contribution is -2.40. The van der Waals surface area contributed by atoms with Gasteiger partial charge in [0.15, 0.2) is 5.96 Å². The van der Waals surface area contributed by atoms with Gasteiger partial charge in [0.2, 0.25) is 5.91 Å². The number of nitrogens with one attached hydrogen (secondary N) is 3. The highest BCUT2D eigenvalue weighted by atomic mass is 16.1. The zero-order valence-corrected chi connectivity index (χ0v) is 13.4. The minimum Gasteiger partial charge on any atom is -0.357 e. The molecule has 2 rings (SSSR count). The maximum atomic E-state index is 11.8. The number of guanidine groups is 1. The molecule has 1 fully saturated rings. The van der Waals surface area contributed by atoms with Gasteiger partial charge in [-0.2, -0.15) is 0 Å². The summed E-state index contributed by atoms with van der Waals surface area (Å²) in [5.74, 6) is 1.38. The monoisotopic (exact) mass is 302 g/mol. The number of hydrogen-bond acceptors (Lipinski definition) is 2. The Balaban J connectivity index is 1.69. The van der Waals surface area contributed by atoms with Crippen LogP contribution in [-0.4, -0.2) is 37.5 Å². The van der Waals surface area contributed by atoms with E-state index < -0.39 is 0 Å². The maximum Gasteiger partial charge on any atom is 0.241 e. The van der Waals surface area contributed by atoms with Crippen LogP contribution in [0.1, 0.15) is 25.8 Å². The number of carbonyl (C=O) groups excluding carboxylic acids is 1. The molecule has 1 aliphatic carbocycles. The zero-order valence-electron chi connectivity index (χ0n) is 13.4. The molecule has 1 aliphatic rings. The topological polar surface area (TPSA) is 65.5 Å². The fraction of sp³-hybridized carbons (Fsp3) is 0.529. The second-order valence-corrected chi connectivity index (χ2v) is 5.74. The third-order valence-corrected chi connectivity index (χ3v) is 3.74. The first-order valence-electron chi connectivity index (χ1n) is 8.04. The minimum atomic E-state index is -0.0445. The van der Waals surface area contributed by atoms with Crippen LogP contribution in [0.15, 0.2) is 35.3 Å². The molecule has 1 aromatic carbocycles. The second kappa shape index (κ2) is 8.41. The van der Waals surface area contributed by atoms with E-state index in [0.717, 1.165) is 18.9 Å². The van der Waals surface area contributed by atoms with Gasteiger partial charge in [-0.05, 0) is 31.2 Å². The molecule has 3 N–H and O–H groups in total. The van der Waals surface area contributed by atoms with Crippen LogP contribution >= 0.6 is 0 Å². The summed E-state index contributed by atoms with van der Waals surface area (Å²) in [6.07, 6.45) is 2.02. The molecular weight excluding hydrogens is 276 g/mol. The molecule has 0 heterocycles. The first-order valence-corrected chi connectivity index (χ1v) is 8.04. The summed E-state index contributed by atoms with van der Waals surface area (Å²) < 4.78 is 0. The lowest BCUT2D eigenvalue weighted by Gasteiger charge is -2.10. The molecule has 120 valence electrons. The summed E-state index contributed by atoms with van der Waals surface area (Å²) in [7, 11) is 0. The van der Waals surface area contributed by atoms with Crippen LogP contribution < -0.4 is 16.0 Å². The third-order valence-electron chi connectivity index (χ3n) is 3.74. The van der Waals surface area contributed by atoms with Crippen molar-refractivity contribution in [1.82, 2.24) is 16.0 Å². The molecular formula is C17H26N4O. The van der Waals surface area contributed by atoms with Crippen molar-refractivity contribution in [1.29, 1.82) is 0 Å². The molecule has 1 aromatic rings. The van der Waals surface area contributed by atoms with Crippen LogP contribution in [-0.2, 0) is 11.2 Å². The van der Waals surface area contributed by atoms with Gasteiger partial charge in [-0.25, -0.2) is 4.99 Å². The third kappa shape index (κ3) is 5.76. The summed E-state index contributed by atoms with van der Waals surface area (Å²) in [6, 6.07) is 10.6. The standard InChI is InChI=1S/C17H26N4O/c1-3-18-17(21-15-11-13(15)2)20-12-16(22)19-10-9-14-7-5-4-6-8-14/h4-8,13,15H,3,9-12H2,1-2H3,(H,19,22)(H2,18,20,21). The summed E-state index contributed by atoms with van der Waals surface area (Å²) in [5, 5.41) is 9.41. The largest absolute Gasteiger partial charge is 0.357 e. The lowest BCUT2D eigenvalue weighted by atomic mass is 10.1. The fourth-order valence-corrected chi connectivity index (χ4v) is 2.22. The molecule has 0 bridgehead atoms. The van der Waals surface area contributed by atoms with Gasteiger partial charge in [-0.15, -0.1) is 0 Å². The fourth-order valence-electron chi connectivity index (χ4n) is 2.22. The molecule has 0 saturated heterocycles. The van der Waals surface area contributed by atoms with Gasteiger partial charge in [0, 0.05) is 19.1 Å². The maximum absolute atomic E-state index is 11.8. The molecule has 2 unspecified atom stereocenters. The minimum absolute atomic E-state index is 0.0445. The van der Waals surface area contributed by atoms with Crippen molar-refractivity contribution < 1.29 is 4.79 Å². The van der Waals surface area contributed by atoms with Gasteiger partial charge in [0.25, 0.3) is 0 Å². The van der Waals surface area contributed by atoms with Crippen molar-refractivity contribution in [2.24, 2.45) is 10.9 Å². The van der Waals surface area contributed by atoms with Crippen molar-refractivity contribution in [3.05, 3.63) is 35.9 Å². The SMILES string of the molecule is CCNC(=NCC(=O)NCCc1ccccc1)NC1CC1C. The van der Waals surface area contributed by atoms with Gasteiger partial charge >= 0.3 is 0 Å². The van der Waals surface area contributed by atoms with E-state index in [4.69, 9.17) is 0 Å². The molecule has 0 spiro atoms. The van der Waals surface area contributed by atoms with Crippen LogP contribution in [0.2, 0.25) is 0 Å². The van der Waals surface area contributed by atoms with E-state index >= 15 is 0 Å². The number of nitrogens with zero attached hydrogens (tertiary/aromatic N) is 1. The van der Waals surface area contributed by atoms with Crippen molar-refractivity contribution in [2.75, 3.05) is 19.6 Å². The Morgan fingerprint density at radius 1 is 1.27 bits per heavy atom. The highest BCUT2D eigenvalue weighted by molar-refractivity contribution is 5.85. The molecule has 0 radical (unpaired) electrons. The highest BCUT2D eigenvalue weighted by Crippen LogP contribution is 2.28. The van der Waals surface area contributed by atoms with Gasteiger partial charge < -0.3 is 16.0 Å². The molecule has 22 heavy (non-hydrogen) atoms. The average molecular weight is 302 g/mol. The predicted octanol–water partition coefficient (Wildman–Crippen LogP) is 1.31. The van der Waals surface area contributed by atoms with Gasteiger partial charge in [0.1, 0.15) is 6.54 Å². The van der Waals surface area contributed by atoms with E-state index in [1.54, 1.807) is 0 Å². The first kappa shape index (κ1) is 16.3. The molecule has 0 aliphatic heterocycles. The Hall–Kier alpha value is -2.04. The number of aliphatic imine (C=N–C) groups is 1. The second-order valence-electron chi connectivity index (χ2n) is 5.74. The van der Waals surface area contributed by atoms with Crippen LogP contribution in [0, 0.1) is 5.92 Å². The van der Waals surface area contributed by atoms with Crippen LogP contribution in [0.4, 0.5) is 0 Å². The molecule has 5 nitrogen and oxygen atoms in total. The van der Waals surface area contributed by atoms with E-state index in [1.165, 1.54) is 12.0 Å².